The van der Waals surface area contributed by atoms with Crippen molar-refractivity contribution in [1.82, 2.24) is 24.8 Å². The molecule has 4 aromatic rings. The van der Waals surface area contributed by atoms with Gasteiger partial charge in [0.1, 0.15) is 5.60 Å². The molecule has 1 aliphatic rings. The second-order valence-electron chi connectivity index (χ2n) is 11.4. The van der Waals surface area contributed by atoms with Crippen LogP contribution in [0.2, 0.25) is 0 Å². The lowest BCUT2D eigenvalue weighted by Crippen LogP contribution is -2.36. The Hall–Kier alpha value is -3.65. The molecule has 0 spiro atoms. The molecule has 8 heteroatoms. The predicted molar refractivity (Wildman–Crippen MR) is 152 cm³/mol. The molecule has 0 aliphatic carbocycles. The van der Waals surface area contributed by atoms with Crippen molar-refractivity contribution in [3.63, 3.8) is 0 Å². The van der Waals surface area contributed by atoms with E-state index in [9.17, 15) is 4.79 Å². The van der Waals surface area contributed by atoms with Gasteiger partial charge in [0.15, 0.2) is 0 Å². The Morgan fingerprint density at radius 2 is 1.76 bits per heavy atom. The molecule has 200 valence electrons. The molecule has 1 fully saturated rings. The summed E-state index contributed by atoms with van der Waals surface area (Å²) >= 11 is 0. The molecule has 8 nitrogen and oxygen atoms in total. The number of aromatic nitrogens is 3. The highest BCUT2D eigenvalue weighted by Gasteiger charge is 2.20. The topological polar surface area (TPSA) is 98.3 Å². The van der Waals surface area contributed by atoms with Gasteiger partial charge in [-0.2, -0.15) is 0 Å². The zero-order valence-corrected chi connectivity index (χ0v) is 22.6. The quantitative estimate of drug-likeness (QED) is 0.345. The van der Waals surface area contributed by atoms with Crippen LogP contribution in [0.5, 0.6) is 0 Å². The van der Waals surface area contributed by atoms with Crippen LogP contribution in [0, 0.1) is 5.92 Å². The van der Waals surface area contributed by atoms with Crippen LogP contribution in [0.1, 0.15) is 51.2 Å². The fraction of sp³-hybridized carbons (Fsp3) is 0.433. The summed E-state index contributed by atoms with van der Waals surface area (Å²) < 4.78 is 7.57. The second kappa shape index (κ2) is 11.0. The number of hydrogen-bond donors (Lipinski definition) is 2. The lowest BCUT2D eigenvalue weighted by molar-refractivity contribution is 0.0522. The van der Waals surface area contributed by atoms with Crippen LogP contribution in [-0.2, 0) is 17.8 Å². The molecule has 1 aliphatic heterocycles. The van der Waals surface area contributed by atoms with E-state index in [1.54, 1.807) is 6.20 Å². The maximum Gasteiger partial charge on any atom is 0.407 e. The molecule has 38 heavy (non-hydrogen) atoms. The lowest BCUT2D eigenvalue weighted by Gasteiger charge is -2.32. The number of alkyl carbamates (subject to hydrolysis) is 1. The van der Waals surface area contributed by atoms with Crippen molar-refractivity contribution in [2.75, 3.05) is 25.4 Å². The molecule has 2 aromatic heterocycles. The minimum absolute atomic E-state index is 0.299. The van der Waals surface area contributed by atoms with E-state index in [1.807, 2.05) is 20.8 Å². The maximum atomic E-state index is 11.8. The zero-order valence-electron chi connectivity index (χ0n) is 22.6. The summed E-state index contributed by atoms with van der Waals surface area (Å²) in [5, 5.41) is 4.98. The third kappa shape index (κ3) is 6.42. The number of likely N-dealkylation sites (tertiary alicyclic amines) is 1. The first-order valence-electron chi connectivity index (χ1n) is 13.5. The van der Waals surface area contributed by atoms with Crippen molar-refractivity contribution in [2.45, 2.75) is 58.7 Å². The number of benzene rings is 2. The van der Waals surface area contributed by atoms with Crippen molar-refractivity contribution >= 4 is 33.8 Å². The first kappa shape index (κ1) is 26.0. The first-order valence-corrected chi connectivity index (χ1v) is 13.5. The highest BCUT2D eigenvalue weighted by atomic mass is 16.6. The summed E-state index contributed by atoms with van der Waals surface area (Å²) in [6, 6.07) is 15.3. The number of carbonyl (C=O) groups excluding carboxylic acids is 1. The van der Waals surface area contributed by atoms with E-state index >= 15 is 0 Å². The molecule has 0 saturated carbocycles. The number of piperidine rings is 1. The Morgan fingerprint density at radius 1 is 1.05 bits per heavy atom. The Bertz CT molecular complexity index is 1400. The molecule has 0 unspecified atom stereocenters. The first-order chi connectivity index (χ1) is 18.2. The Balaban J connectivity index is 1.10. The Kier molecular flexibility index (Phi) is 7.51. The van der Waals surface area contributed by atoms with Crippen molar-refractivity contribution < 1.29 is 9.53 Å². The predicted octanol–water partition coefficient (Wildman–Crippen LogP) is 5.34. The zero-order chi connectivity index (χ0) is 26.7. The number of amides is 1. The van der Waals surface area contributed by atoms with Gasteiger partial charge in [0.25, 0.3) is 0 Å². The van der Waals surface area contributed by atoms with Gasteiger partial charge < -0.3 is 20.4 Å². The average Bonchev–Trinajstić information content (AvgIpc) is 3.28. The molecule has 0 atom stereocenters. The summed E-state index contributed by atoms with van der Waals surface area (Å²) in [4.78, 5) is 22.9. The van der Waals surface area contributed by atoms with Gasteiger partial charge in [-0.3, -0.25) is 4.90 Å². The van der Waals surface area contributed by atoms with Crippen LogP contribution in [0.15, 0.2) is 54.9 Å². The fourth-order valence-corrected chi connectivity index (χ4v) is 5.25. The molecule has 3 N–H and O–H groups in total. The van der Waals surface area contributed by atoms with Crippen LogP contribution in [-0.4, -0.2) is 50.8 Å². The van der Waals surface area contributed by atoms with Crippen LogP contribution in [0.4, 0.5) is 10.7 Å². The van der Waals surface area contributed by atoms with Crippen molar-refractivity contribution in [3.05, 3.63) is 66.0 Å². The number of rotatable bonds is 7. The number of anilines is 1. The Morgan fingerprint density at radius 3 is 2.47 bits per heavy atom. The van der Waals surface area contributed by atoms with E-state index < -0.39 is 5.60 Å². The molecule has 3 heterocycles. The van der Waals surface area contributed by atoms with Crippen LogP contribution in [0.25, 0.3) is 21.8 Å². The van der Waals surface area contributed by atoms with Crippen LogP contribution < -0.4 is 11.1 Å². The SMILES string of the molecule is CC(C)(C)OC(=O)NCCC1CCN(Cc2ccc(Cn3ccc4c5nc(N)ncc5ccc43)cc2)CC1. The summed E-state index contributed by atoms with van der Waals surface area (Å²) in [7, 11) is 0. The molecular weight excluding hydrogens is 476 g/mol. The minimum Gasteiger partial charge on any atom is -0.444 e. The third-order valence-corrected chi connectivity index (χ3v) is 7.23. The molecule has 1 saturated heterocycles. The molecule has 1 amide bonds. The highest BCUT2D eigenvalue weighted by Crippen LogP contribution is 2.26. The van der Waals surface area contributed by atoms with Gasteiger partial charge in [0.2, 0.25) is 5.95 Å². The summed E-state index contributed by atoms with van der Waals surface area (Å²) in [6.45, 7) is 10.3. The Labute approximate surface area is 224 Å². The van der Waals surface area contributed by atoms with Gasteiger partial charge in [0, 0.05) is 42.8 Å². The van der Waals surface area contributed by atoms with Gasteiger partial charge in [-0.05, 0) is 88.4 Å². The van der Waals surface area contributed by atoms with Gasteiger partial charge >= 0.3 is 6.09 Å². The van der Waals surface area contributed by atoms with Crippen molar-refractivity contribution in [1.29, 1.82) is 0 Å². The number of nitrogen functional groups attached to an aromatic ring is 1. The van der Waals surface area contributed by atoms with Crippen LogP contribution >= 0.6 is 0 Å². The number of carbonyl (C=O) groups is 1. The number of ether oxygens (including phenoxy) is 1. The molecule has 0 radical (unpaired) electrons. The number of nitrogens with two attached hydrogens (primary N) is 1. The monoisotopic (exact) mass is 514 g/mol. The van der Waals surface area contributed by atoms with E-state index in [-0.39, 0.29) is 6.09 Å². The standard InChI is InChI=1S/C30H38N6O2/c1-30(2,3)38-29(37)32-14-10-21-11-15-35(16-12-21)19-22-4-6-23(7-5-22)20-36-17-13-25-26(36)9-8-24-18-33-28(31)34-27(24)25/h4-9,13,17-18,21H,10-12,14-16,19-20H2,1-3H3,(H,32,37)(H2,31,33,34). The summed E-state index contributed by atoms with van der Waals surface area (Å²) in [6.07, 6.45) is 6.91. The second-order valence-corrected chi connectivity index (χ2v) is 11.4. The number of nitrogens with one attached hydrogen (secondary N) is 1. The normalized spacial score (nSPS) is 15.2. The van der Waals surface area contributed by atoms with Crippen molar-refractivity contribution in [2.24, 2.45) is 5.92 Å². The van der Waals surface area contributed by atoms with Gasteiger partial charge in [-0.1, -0.05) is 24.3 Å². The van der Waals surface area contributed by atoms with E-state index in [4.69, 9.17) is 10.5 Å². The highest BCUT2D eigenvalue weighted by molar-refractivity contribution is 6.04. The maximum absolute atomic E-state index is 11.8. The molecular formula is C30H38N6O2. The summed E-state index contributed by atoms with van der Waals surface area (Å²) in [5.41, 5.74) is 10.0. The molecule has 0 bridgehead atoms. The van der Waals surface area contributed by atoms with Gasteiger partial charge in [-0.25, -0.2) is 14.8 Å². The lowest BCUT2D eigenvalue weighted by atomic mass is 9.93. The number of fused-ring (bicyclic) bond motifs is 3. The molecule has 2 aromatic carbocycles. The van der Waals surface area contributed by atoms with E-state index in [2.05, 4.69) is 73.4 Å². The fourth-order valence-electron chi connectivity index (χ4n) is 5.25. The van der Waals surface area contributed by atoms with E-state index in [0.717, 1.165) is 54.4 Å². The number of nitrogens with zero attached hydrogens (tertiary/aromatic N) is 4. The smallest absolute Gasteiger partial charge is 0.407 e. The van der Waals surface area contributed by atoms with E-state index in [1.165, 1.54) is 24.0 Å². The third-order valence-electron chi connectivity index (χ3n) is 7.23. The van der Waals surface area contributed by atoms with Crippen LogP contribution in [0.3, 0.4) is 0 Å². The van der Waals surface area contributed by atoms with Crippen molar-refractivity contribution in [3.8, 4) is 0 Å². The largest absolute Gasteiger partial charge is 0.444 e. The van der Waals surface area contributed by atoms with Gasteiger partial charge in [-0.15, -0.1) is 0 Å². The minimum atomic E-state index is -0.453. The average molecular weight is 515 g/mol. The van der Waals surface area contributed by atoms with E-state index in [0.29, 0.717) is 18.4 Å². The summed E-state index contributed by atoms with van der Waals surface area (Å²) in [5.74, 6) is 0.952. The van der Waals surface area contributed by atoms with Gasteiger partial charge in [0.05, 0.1) is 11.0 Å². The molecule has 5 rings (SSSR count). The number of hydrogen-bond acceptors (Lipinski definition) is 6.